The first-order chi connectivity index (χ1) is 29.6. The van der Waals surface area contributed by atoms with Crippen LogP contribution in [-0.4, -0.2) is 4.98 Å². The molecule has 60 heavy (non-hydrogen) atoms. The second-order valence-corrected chi connectivity index (χ2v) is 15.6. The molecular weight excluding hydrogens is 729 g/mol. The fourth-order valence-corrected chi connectivity index (χ4v) is 8.99. The highest BCUT2D eigenvalue weighted by Gasteiger charge is 2.25. The van der Waals surface area contributed by atoms with Crippen LogP contribution in [0.3, 0.4) is 0 Å². The first-order valence-corrected chi connectivity index (χ1v) is 20.5. The molecule has 2 heterocycles. The summed E-state index contributed by atoms with van der Waals surface area (Å²) in [6.45, 7) is 2.24. The molecule has 1 aliphatic rings. The molecule has 9 aromatic carbocycles. The zero-order valence-electron chi connectivity index (χ0n) is 33.1. The second-order valence-electron chi connectivity index (χ2n) is 15.6. The highest BCUT2D eigenvalue weighted by Crippen LogP contribution is 2.45. The van der Waals surface area contributed by atoms with E-state index in [4.69, 9.17) is 4.74 Å². The Hall–Kier alpha value is -7.75. The van der Waals surface area contributed by atoms with E-state index in [0.29, 0.717) is 0 Å². The lowest BCUT2D eigenvalue weighted by Crippen LogP contribution is -2.10. The molecule has 3 heteroatoms. The number of rotatable bonds is 7. The number of pyridine rings is 1. The molecule has 3 nitrogen and oxygen atoms in total. The Balaban J connectivity index is 0.993. The van der Waals surface area contributed by atoms with Gasteiger partial charge in [0.2, 0.25) is 0 Å². The second kappa shape index (κ2) is 14.9. The normalized spacial score (nSPS) is 13.2. The van der Waals surface area contributed by atoms with Crippen LogP contribution in [0.1, 0.15) is 17.4 Å². The maximum absolute atomic E-state index is 6.60. The molecule has 0 saturated carbocycles. The number of nitrogens with one attached hydrogen (secondary N) is 1. The molecule has 0 saturated heterocycles. The molecule has 0 aliphatic carbocycles. The van der Waals surface area contributed by atoms with E-state index in [2.05, 4.69) is 217 Å². The molecule has 10 aromatic rings. The van der Waals surface area contributed by atoms with Gasteiger partial charge >= 0.3 is 0 Å². The zero-order chi connectivity index (χ0) is 40.0. The Kier molecular flexibility index (Phi) is 8.78. The largest absolute Gasteiger partial charge is 0.464 e. The number of hydrogen-bond acceptors (Lipinski definition) is 3. The molecule has 11 rings (SSSR count). The molecule has 0 amide bonds. The first-order valence-electron chi connectivity index (χ1n) is 20.5. The minimum absolute atomic E-state index is 0.281. The van der Waals surface area contributed by atoms with Crippen molar-refractivity contribution in [3.63, 3.8) is 0 Å². The van der Waals surface area contributed by atoms with Crippen molar-refractivity contribution < 1.29 is 4.74 Å². The van der Waals surface area contributed by atoms with E-state index in [9.17, 15) is 0 Å². The van der Waals surface area contributed by atoms with Crippen molar-refractivity contribution in [3.05, 3.63) is 224 Å². The summed E-state index contributed by atoms with van der Waals surface area (Å²) in [7, 11) is 0. The zero-order valence-corrected chi connectivity index (χ0v) is 33.1. The van der Waals surface area contributed by atoms with Gasteiger partial charge in [-0.1, -0.05) is 158 Å². The monoisotopic (exact) mass is 768 g/mol. The van der Waals surface area contributed by atoms with Crippen molar-refractivity contribution in [2.45, 2.75) is 13.2 Å². The molecule has 0 radical (unpaired) electrons. The first kappa shape index (κ1) is 35.4. The maximum Gasteiger partial charge on any atom is 0.197 e. The van der Waals surface area contributed by atoms with Crippen LogP contribution < -0.4 is 10.1 Å². The summed E-state index contributed by atoms with van der Waals surface area (Å²) in [4.78, 5) is 4.32. The summed E-state index contributed by atoms with van der Waals surface area (Å²) >= 11 is 0. The minimum Gasteiger partial charge on any atom is -0.464 e. The maximum atomic E-state index is 6.60. The lowest BCUT2D eigenvalue weighted by molar-refractivity contribution is 0.261. The molecule has 1 atom stereocenters. The van der Waals surface area contributed by atoms with Crippen LogP contribution in [0, 0.1) is 6.92 Å². The molecule has 0 bridgehead atoms. The van der Waals surface area contributed by atoms with Gasteiger partial charge in [-0.05, 0) is 138 Å². The average molecular weight is 769 g/mol. The summed E-state index contributed by atoms with van der Waals surface area (Å²) in [6, 6.07) is 72.3. The number of ether oxygens (including phenoxy) is 1. The van der Waals surface area contributed by atoms with Crippen molar-refractivity contribution >= 4 is 27.2 Å². The average Bonchev–Trinajstić information content (AvgIpc) is 3.75. The summed E-state index contributed by atoms with van der Waals surface area (Å²) in [5, 5.41) is 8.27. The van der Waals surface area contributed by atoms with Crippen LogP contribution >= 0.6 is 0 Å². The molecule has 0 fully saturated rings. The fraction of sp³-hybridized carbons (Fsp3) is 0.0351. The molecule has 284 valence electrons. The van der Waals surface area contributed by atoms with Crippen LogP contribution in [0.15, 0.2) is 213 Å². The highest BCUT2D eigenvalue weighted by molar-refractivity contribution is 6.05. The third-order valence-electron chi connectivity index (χ3n) is 12.0. The predicted octanol–water partition coefficient (Wildman–Crippen LogP) is 15.2. The van der Waals surface area contributed by atoms with E-state index in [1.54, 1.807) is 0 Å². The molecule has 1 N–H and O–H groups in total. The topological polar surface area (TPSA) is 34.1 Å². The number of aromatic nitrogens is 1. The Labute approximate surface area is 350 Å². The summed E-state index contributed by atoms with van der Waals surface area (Å²) in [6.07, 6.45) is 3.46. The molecular formula is C57H40N2O. The molecule has 1 aromatic heterocycles. The lowest BCUT2D eigenvalue weighted by atomic mass is 9.86. The summed E-state index contributed by atoms with van der Waals surface area (Å²) in [5.41, 5.74) is 17.6. The van der Waals surface area contributed by atoms with E-state index in [1.807, 2.05) is 12.4 Å². The Morgan fingerprint density at radius 3 is 1.83 bits per heavy atom. The quantitative estimate of drug-likeness (QED) is 0.175. The Morgan fingerprint density at radius 2 is 1.05 bits per heavy atom. The van der Waals surface area contributed by atoms with E-state index in [0.717, 1.165) is 38.9 Å². The van der Waals surface area contributed by atoms with Crippen LogP contribution in [0.25, 0.3) is 88.3 Å². The summed E-state index contributed by atoms with van der Waals surface area (Å²) < 4.78 is 6.60. The van der Waals surface area contributed by atoms with E-state index >= 15 is 0 Å². The molecule has 1 aliphatic heterocycles. The van der Waals surface area contributed by atoms with Crippen LogP contribution in [0.2, 0.25) is 0 Å². The molecule has 1 unspecified atom stereocenters. The van der Waals surface area contributed by atoms with Crippen molar-refractivity contribution in [2.75, 3.05) is 5.32 Å². The van der Waals surface area contributed by atoms with Crippen molar-refractivity contribution in [1.29, 1.82) is 0 Å². The number of hydrogen-bond donors (Lipinski definition) is 1. The minimum atomic E-state index is -0.281. The standard InChI is InChI=1S/C57H40N2O/c1-37-52(38-13-4-2-5-14-38)33-47(34-53(37)39-15-6-3-7-16-39)42-19-10-20-44(31-42)50-27-25-40-17-8-9-23-49(40)56(50)45-21-11-18-41(32-45)43-26-28-54-55(35-43)60-57(59-54)51-24-12-22-46-36-58-30-29-48(46)51/h2-36,57,59H,1H3. The smallest absolute Gasteiger partial charge is 0.197 e. The number of fused-ring (bicyclic) bond motifs is 3. The van der Waals surface area contributed by atoms with Crippen LogP contribution in [0.4, 0.5) is 5.69 Å². The van der Waals surface area contributed by atoms with Gasteiger partial charge in [-0.15, -0.1) is 0 Å². The Bertz CT molecular complexity index is 3160. The third kappa shape index (κ3) is 6.38. The van der Waals surface area contributed by atoms with Gasteiger partial charge in [-0.2, -0.15) is 0 Å². The van der Waals surface area contributed by atoms with Gasteiger partial charge in [0.05, 0.1) is 5.69 Å². The predicted molar refractivity (Wildman–Crippen MR) is 250 cm³/mol. The van der Waals surface area contributed by atoms with Crippen LogP contribution in [-0.2, 0) is 0 Å². The number of benzene rings is 9. The number of nitrogens with zero attached hydrogens (tertiary/aromatic N) is 1. The SMILES string of the molecule is Cc1c(-c2ccccc2)cc(-c2cccc(-c3ccc4ccccc4c3-c3cccc(-c4ccc5c(c4)OC(c4cccc6cnccc46)N5)c3)c2)cc1-c1ccccc1. The van der Waals surface area contributed by atoms with Gasteiger partial charge in [-0.25, -0.2) is 0 Å². The molecule has 0 spiro atoms. The van der Waals surface area contributed by atoms with Crippen molar-refractivity contribution in [3.8, 4) is 72.5 Å². The van der Waals surface area contributed by atoms with Gasteiger partial charge in [0.1, 0.15) is 5.75 Å². The highest BCUT2D eigenvalue weighted by atomic mass is 16.5. The van der Waals surface area contributed by atoms with Gasteiger partial charge in [0.15, 0.2) is 6.23 Å². The van der Waals surface area contributed by atoms with Gasteiger partial charge in [0, 0.05) is 23.3 Å². The lowest BCUT2D eigenvalue weighted by Gasteiger charge is -2.18. The van der Waals surface area contributed by atoms with Gasteiger partial charge in [-0.3, -0.25) is 4.98 Å². The summed E-state index contributed by atoms with van der Waals surface area (Å²) in [5.74, 6) is 0.846. The number of anilines is 1. The van der Waals surface area contributed by atoms with E-state index in [-0.39, 0.29) is 6.23 Å². The fourth-order valence-electron chi connectivity index (χ4n) is 8.99. The van der Waals surface area contributed by atoms with Gasteiger partial charge < -0.3 is 10.1 Å². The van der Waals surface area contributed by atoms with E-state index in [1.165, 1.54) is 72.0 Å². The Morgan fingerprint density at radius 1 is 0.433 bits per heavy atom. The third-order valence-corrected chi connectivity index (χ3v) is 12.0. The van der Waals surface area contributed by atoms with Crippen LogP contribution in [0.5, 0.6) is 5.75 Å². The van der Waals surface area contributed by atoms with Crippen molar-refractivity contribution in [1.82, 2.24) is 4.98 Å². The van der Waals surface area contributed by atoms with Gasteiger partial charge in [0.25, 0.3) is 0 Å². The van der Waals surface area contributed by atoms with Crippen molar-refractivity contribution in [2.24, 2.45) is 0 Å². The van der Waals surface area contributed by atoms with E-state index < -0.39 is 0 Å².